The van der Waals surface area contributed by atoms with Crippen molar-refractivity contribution in [3.05, 3.63) is 24.3 Å². The number of esters is 3. The van der Waals surface area contributed by atoms with Crippen molar-refractivity contribution in [2.45, 2.75) is 213 Å². The Labute approximate surface area is 332 Å². The summed E-state index contributed by atoms with van der Waals surface area (Å²) in [5.41, 5.74) is 0. The predicted molar refractivity (Wildman–Crippen MR) is 225 cm³/mol. The summed E-state index contributed by atoms with van der Waals surface area (Å²) in [6.07, 6.45) is 41.0. The van der Waals surface area contributed by atoms with Crippen LogP contribution >= 0.6 is 0 Å². The molecule has 1 N–H and O–H groups in total. The summed E-state index contributed by atoms with van der Waals surface area (Å²) in [6, 6.07) is 0. The molecule has 0 aliphatic heterocycles. The highest BCUT2D eigenvalue weighted by atomic mass is 16.6. The first-order chi connectivity index (χ1) is 26.4. The van der Waals surface area contributed by atoms with Crippen LogP contribution in [0.4, 0.5) is 0 Å². The van der Waals surface area contributed by atoms with Gasteiger partial charge in [-0.05, 0) is 84.2 Å². The van der Waals surface area contributed by atoms with E-state index in [2.05, 4.69) is 38.2 Å². The molecule has 0 aliphatic carbocycles. The number of carbonyl (C=O) groups excluding carboxylic acids is 3. The van der Waals surface area contributed by atoms with E-state index in [1.165, 1.54) is 103 Å². The van der Waals surface area contributed by atoms with Crippen molar-refractivity contribution in [1.82, 2.24) is 4.90 Å². The molecular formula is C46H85NO7. The van der Waals surface area contributed by atoms with Gasteiger partial charge in [-0.1, -0.05) is 141 Å². The van der Waals surface area contributed by atoms with Crippen LogP contribution in [0.2, 0.25) is 0 Å². The lowest BCUT2D eigenvalue weighted by atomic mass is 10.1. The van der Waals surface area contributed by atoms with Crippen molar-refractivity contribution in [3.8, 4) is 0 Å². The van der Waals surface area contributed by atoms with Crippen molar-refractivity contribution in [2.75, 3.05) is 40.0 Å². The molecule has 0 heterocycles. The van der Waals surface area contributed by atoms with Gasteiger partial charge in [0.1, 0.15) is 13.2 Å². The minimum Gasteiger partial charge on any atom is -0.462 e. The van der Waals surface area contributed by atoms with E-state index in [9.17, 15) is 14.4 Å². The van der Waals surface area contributed by atoms with Gasteiger partial charge in [0.05, 0.1) is 6.61 Å². The second-order valence-corrected chi connectivity index (χ2v) is 15.3. The smallest absolute Gasteiger partial charge is 0.306 e. The van der Waals surface area contributed by atoms with Gasteiger partial charge in [-0.3, -0.25) is 14.4 Å². The van der Waals surface area contributed by atoms with Gasteiger partial charge in [-0.15, -0.1) is 0 Å². The summed E-state index contributed by atoms with van der Waals surface area (Å²) in [5, 5.41) is 9.08. The largest absolute Gasteiger partial charge is 0.462 e. The molecule has 0 unspecified atom stereocenters. The fourth-order valence-electron chi connectivity index (χ4n) is 6.33. The Kier molecular flexibility index (Phi) is 40.3. The van der Waals surface area contributed by atoms with Crippen molar-refractivity contribution < 1.29 is 33.7 Å². The first kappa shape index (κ1) is 51.8. The SMILES string of the molecule is CCCCCCCCC=CCCCCCCCC(=O)OCC(COC(=O)CCCCCCCC=CCCCCCCCC)OC(=O)CCCN(C)CCO. The molecular weight excluding hydrogens is 679 g/mol. The maximum Gasteiger partial charge on any atom is 0.306 e. The van der Waals surface area contributed by atoms with Crippen LogP contribution < -0.4 is 0 Å². The molecule has 0 atom stereocenters. The van der Waals surface area contributed by atoms with Gasteiger partial charge < -0.3 is 24.2 Å². The first-order valence-electron chi connectivity index (χ1n) is 22.5. The van der Waals surface area contributed by atoms with Crippen LogP contribution in [0.5, 0.6) is 0 Å². The Morgan fingerprint density at radius 2 is 0.833 bits per heavy atom. The molecule has 0 aromatic rings. The zero-order valence-electron chi connectivity index (χ0n) is 35.5. The number of aliphatic hydroxyl groups excluding tert-OH is 1. The Morgan fingerprint density at radius 1 is 0.481 bits per heavy atom. The highest BCUT2D eigenvalue weighted by Gasteiger charge is 2.19. The molecule has 0 radical (unpaired) electrons. The van der Waals surface area contributed by atoms with E-state index < -0.39 is 12.1 Å². The van der Waals surface area contributed by atoms with Crippen LogP contribution in [0.3, 0.4) is 0 Å². The summed E-state index contributed by atoms with van der Waals surface area (Å²) in [4.78, 5) is 39.4. The topological polar surface area (TPSA) is 102 Å². The molecule has 0 bridgehead atoms. The van der Waals surface area contributed by atoms with Gasteiger partial charge in [0.2, 0.25) is 0 Å². The number of rotatable bonds is 41. The lowest BCUT2D eigenvalue weighted by Gasteiger charge is -2.19. The van der Waals surface area contributed by atoms with Gasteiger partial charge in [0.15, 0.2) is 6.10 Å². The number of ether oxygens (including phenoxy) is 3. The molecule has 0 saturated carbocycles. The molecule has 0 rings (SSSR count). The van der Waals surface area contributed by atoms with Crippen LogP contribution in [0, 0.1) is 0 Å². The number of aliphatic hydroxyl groups is 1. The lowest BCUT2D eigenvalue weighted by Crippen LogP contribution is -2.31. The van der Waals surface area contributed by atoms with E-state index in [4.69, 9.17) is 19.3 Å². The molecule has 0 aliphatic rings. The Bertz CT molecular complexity index is 849. The number of unbranched alkanes of at least 4 members (excludes halogenated alkanes) is 22. The van der Waals surface area contributed by atoms with Crippen molar-refractivity contribution in [3.63, 3.8) is 0 Å². The van der Waals surface area contributed by atoms with E-state index in [0.717, 1.165) is 64.2 Å². The quantitative estimate of drug-likeness (QED) is 0.0284. The molecule has 0 saturated heterocycles. The van der Waals surface area contributed by atoms with Crippen molar-refractivity contribution in [1.29, 1.82) is 0 Å². The average Bonchev–Trinajstić information content (AvgIpc) is 3.15. The Balaban J connectivity index is 4.26. The van der Waals surface area contributed by atoms with Crippen molar-refractivity contribution in [2.24, 2.45) is 0 Å². The summed E-state index contributed by atoms with van der Waals surface area (Å²) in [6.45, 7) is 5.51. The minimum atomic E-state index is -0.830. The summed E-state index contributed by atoms with van der Waals surface area (Å²) >= 11 is 0. The zero-order chi connectivity index (χ0) is 39.6. The summed E-state index contributed by atoms with van der Waals surface area (Å²) in [7, 11) is 1.88. The van der Waals surface area contributed by atoms with Crippen LogP contribution in [0.25, 0.3) is 0 Å². The summed E-state index contributed by atoms with van der Waals surface area (Å²) < 4.78 is 16.5. The number of hydrogen-bond donors (Lipinski definition) is 1. The first-order valence-corrected chi connectivity index (χ1v) is 22.5. The maximum absolute atomic E-state index is 12.6. The number of nitrogens with zero attached hydrogens (tertiary/aromatic N) is 1. The molecule has 0 fully saturated rings. The molecule has 0 aromatic heterocycles. The van der Waals surface area contributed by atoms with E-state index in [-0.39, 0.29) is 38.2 Å². The molecule has 8 heteroatoms. The molecule has 0 amide bonds. The van der Waals surface area contributed by atoms with E-state index >= 15 is 0 Å². The van der Waals surface area contributed by atoms with Gasteiger partial charge in [-0.25, -0.2) is 0 Å². The highest BCUT2D eigenvalue weighted by molar-refractivity contribution is 5.71. The normalized spacial score (nSPS) is 12.2. The number of carbonyl (C=O) groups is 3. The second-order valence-electron chi connectivity index (χ2n) is 15.3. The fraction of sp³-hybridized carbons (Fsp3) is 0.848. The summed E-state index contributed by atoms with van der Waals surface area (Å²) in [5.74, 6) is -1.06. The molecule has 0 aromatic carbocycles. The molecule has 54 heavy (non-hydrogen) atoms. The Morgan fingerprint density at radius 3 is 1.22 bits per heavy atom. The third-order valence-electron chi connectivity index (χ3n) is 9.85. The zero-order valence-corrected chi connectivity index (χ0v) is 35.5. The molecule has 8 nitrogen and oxygen atoms in total. The van der Waals surface area contributed by atoms with E-state index in [1.54, 1.807) is 0 Å². The second kappa shape index (κ2) is 42.0. The standard InChI is InChI=1S/C46H85NO7/c1-4-6-8-10-12-14-16-18-20-22-24-26-28-30-32-35-44(49)52-41-43(54-46(51)37-34-38-47(3)39-40-48)42-53-45(50)36-33-31-29-27-25-23-21-19-17-15-13-11-9-7-5-2/h18-21,43,48H,4-17,22-42H2,1-3H3. The van der Waals surface area contributed by atoms with E-state index in [1.807, 2.05) is 11.9 Å². The Hall–Kier alpha value is -2.19. The van der Waals surface area contributed by atoms with E-state index in [0.29, 0.717) is 32.4 Å². The average molecular weight is 764 g/mol. The third kappa shape index (κ3) is 39.5. The van der Waals surface area contributed by atoms with Crippen LogP contribution in [0.1, 0.15) is 206 Å². The maximum atomic E-state index is 12.6. The fourth-order valence-corrected chi connectivity index (χ4v) is 6.33. The van der Waals surface area contributed by atoms with Crippen molar-refractivity contribution >= 4 is 17.9 Å². The van der Waals surface area contributed by atoms with Gasteiger partial charge >= 0.3 is 17.9 Å². The number of hydrogen-bond acceptors (Lipinski definition) is 8. The monoisotopic (exact) mass is 764 g/mol. The molecule has 0 spiro atoms. The molecule has 316 valence electrons. The minimum absolute atomic E-state index is 0.0632. The lowest BCUT2D eigenvalue weighted by molar-refractivity contribution is -0.167. The number of likely N-dealkylation sites (N-methyl/N-ethyl adjacent to an activating group) is 1. The van der Waals surface area contributed by atoms with Crippen LogP contribution in [-0.4, -0.2) is 74.0 Å². The third-order valence-corrected chi connectivity index (χ3v) is 9.85. The van der Waals surface area contributed by atoms with Crippen LogP contribution in [-0.2, 0) is 28.6 Å². The van der Waals surface area contributed by atoms with Gasteiger partial charge in [0, 0.05) is 25.8 Å². The van der Waals surface area contributed by atoms with Gasteiger partial charge in [0.25, 0.3) is 0 Å². The van der Waals surface area contributed by atoms with Crippen LogP contribution in [0.15, 0.2) is 24.3 Å². The predicted octanol–water partition coefficient (Wildman–Crippen LogP) is 11.8. The highest BCUT2D eigenvalue weighted by Crippen LogP contribution is 2.13. The number of allylic oxidation sites excluding steroid dienone is 4. The van der Waals surface area contributed by atoms with Gasteiger partial charge in [-0.2, -0.15) is 0 Å².